The quantitative estimate of drug-likeness (QED) is 0.645. The summed E-state index contributed by atoms with van der Waals surface area (Å²) >= 11 is 11.8. The van der Waals surface area contributed by atoms with Crippen LogP contribution < -0.4 is 0 Å². The van der Waals surface area contributed by atoms with Gasteiger partial charge in [0.2, 0.25) is 0 Å². The van der Waals surface area contributed by atoms with Gasteiger partial charge in [-0.3, -0.25) is 0 Å². The summed E-state index contributed by atoms with van der Waals surface area (Å²) in [5.41, 5.74) is 3.01. The second kappa shape index (κ2) is 4.12. The van der Waals surface area contributed by atoms with Crippen LogP contribution in [0.15, 0.2) is 6.08 Å². The Morgan fingerprint density at radius 1 is 1.08 bits per heavy atom. The van der Waals surface area contributed by atoms with E-state index in [-0.39, 0.29) is 0 Å². The third-order valence-electron chi connectivity index (χ3n) is 1.96. The highest BCUT2D eigenvalue weighted by Crippen LogP contribution is 2.26. The van der Waals surface area contributed by atoms with Gasteiger partial charge in [-0.25, -0.2) is 4.98 Å². The van der Waals surface area contributed by atoms with Gasteiger partial charge in [0.1, 0.15) is 10.3 Å². The molecule has 3 heteroatoms. The number of aromatic nitrogens is 1. The van der Waals surface area contributed by atoms with E-state index in [0.29, 0.717) is 10.3 Å². The van der Waals surface area contributed by atoms with Crippen LogP contribution in [-0.4, -0.2) is 4.98 Å². The smallest absolute Gasteiger partial charge is 0.134 e. The molecule has 0 amide bonds. The maximum atomic E-state index is 5.90. The van der Waals surface area contributed by atoms with Crippen LogP contribution in [0, 0.1) is 13.8 Å². The van der Waals surface area contributed by atoms with Crippen LogP contribution >= 0.6 is 23.2 Å². The number of allylic oxidation sites excluding steroid dienone is 1. The molecule has 1 rings (SSSR count). The van der Waals surface area contributed by atoms with E-state index in [4.69, 9.17) is 23.2 Å². The Balaban J connectivity index is 3.46. The first-order valence-electron chi connectivity index (χ1n) is 4.02. The molecule has 1 heterocycles. The molecule has 1 aromatic heterocycles. The van der Waals surface area contributed by atoms with Crippen molar-refractivity contribution in [3.63, 3.8) is 0 Å². The van der Waals surface area contributed by atoms with Crippen molar-refractivity contribution >= 4 is 29.3 Å². The molecule has 0 radical (unpaired) electrons. The van der Waals surface area contributed by atoms with Crippen LogP contribution in [0.25, 0.3) is 6.08 Å². The molecule has 0 unspecified atom stereocenters. The summed E-state index contributed by atoms with van der Waals surface area (Å²) in [4.78, 5) is 4.01. The number of nitrogens with zero attached hydrogens (tertiary/aromatic N) is 1. The van der Waals surface area contributed by atoms with Crippen LogP contribution in [-0.2, 0) is 0 Å². The van der Waals surface area contributed by atoms with Crippen molar-refractivity contribution in [3.8, 4) is 0 Å². The first kappa shape index (κ1) is 10.6. The average molecular weight is 216 g/mol. The van der Waals surface area contributed by atoms with Crippen LogP contribution in [0.1, 0.15) is 23.6 Å². The minimum absolute atomic E-state index is 0.476. The largest absolute Gasteiger partial charge is 0.224 e. The Morgan fingerprint density at radius 3 is 1.92 bits per heavy atom. The minimum Gasteiger partial charge on any atom is -0.224 e. The second-order valence-corrected chi connectivity index (χ2v) is 3.57. The number of halogens is 2. The lowest BCUT2D eigenvalue weighted by molar-refractivity contribution is 1.21. The van der Waals surface area contributed by atoms with Crippen LogP contribution in [0.5, 0.6) is 0 Å². The summed E-state index contributed by atoms with van der Waals surface area (Å²) in [6.45, 7) is 5.84. The van der Waals surface area contributed by atoms with E-state index in [2.05, 4.69) is 4.98 Å². The summed E-state index contributed by atoms with van der Waals surface area (Å²) in [5.74, 6) is 0. The minimum atomic E-state index is 0.476. The topological polar surface area (TPSA) is 12.9 Å². The predicted octanol–water partition coefficient (Wildman–Crippen LogP) is 4.04. The molecule has 0 aliphatic rings. The van der Waals surface area contributed by atoms with E-state index in [9.17, 15) is 0 Å². The Bertz CT molecular complexity index is 330. The van der Waals surface area contributed by atoms with E-state index in [1.54, 1.807) is 0 Å². The zero-order valence-corrected chi connectivity index (χ0v) is 9.37. The summed E-state index contributed by atoms with van der Waals surface area (Å²) in [5, 5.41) is 0.951. The fourth-order valence-electron chi connectivity index (χ4n) is 1.17. The van der Waals surface area contributed by atoms with Crippen molar-refractivity contribution in [3.05, 3.63) is 33.1 Å². The van der Waals surface area contributed by atoms with Gasteiger partial charge in [-0.05, 0) is 37.5 Å². The van der Waals surface area contributed by atoms with Crippen molar-refractivity contribution in [2.75, 3.05) is 0 Å². The van der Waals surface area contributed by atoms with Crippen molar-refractivity contribution in [1.29, 1.82) is 0 Å². The fourth-order valence-corrected chi connectivity index (χ4v) is 1.59. The zero-order chi connectivity index (χ0) is 10.0. The maximum absolute atomic E-state index is 5.90. The summed E-state index contributed by atoms with van der Waals surface area (Å²) in [7, 11) is 0. The first-order valence-corrected chi connectivity index (χ1v) is 4.78. The van der Waals surface area contributed by atoms with E-state index >= 15 is 0 Å². The van der Waals surface area contributed by atoms with Gasteiger partial charge in [0, 0.05) is 0 Å². The third-order valence-corrected chi connectivity index (χ3v) is 2.69. The molecule has 1 aromatic rings. The molecular formula is C10H11Cl2N. The van der Waals surface area contributed by atoms with Crippen molar-refractivity contribution < 1.29 is 0 Å². The Hall–Kier alpha value is -0.530. The van der Waals surface area contributed by atoms with Crippen LogP contribution in [0.4, 0.5) is 0 Å². The standard InChI is InChI=1S/C10H11Cl2N/c1-4-5-8-6(2)9(11)13-10(12)7(8)3/h4-5H,1-3H3/b5-4+. The lowest BCUT2D eigenvalue weighted by Crippen LogP contribution is -1.93. The van der Waals surface area contributed by atoms with Gasteiger partial charge in [0.25, 0.3) is 0 Å². The molecule has 0 aliphatic heterocycles. The predicted molar refractivity (Wildman–Crippen MR) is 58.4 cm³/mol. The van der Waals surface area contributed by atoms with Gasteiger partial charge in [0.05, 0.1) is 0 Å². The highest BCUT2D eigenvalue weighted by molar-refractivity contribution is 6.33. The van der Waals surface area contributed by atoms with Crippen molar-refractivity contribution in [1.82, 2.24) is 4.98 Å². The third kappa shape index (κ3) is 2.04. The molecule has 0 bridgehead atoms. The molecule has 0 spiro atoms. The SMILES string of the molecule is C/C=C/c1c(C)c(Cl)nc(Cl)c1C. The first-order chi connectivity index (χ1) is 6.07. The molecule has 0 saturated carbocycles. The van der Waals surface area contributed by atoms with E-state index in [1.807, 2.05) is 32.9 Å². The van der Waals surface area contributed by atoms with E-state index < -0.39 is 0 Å². The molecule has 0 saturated heterocycles. The summed E-state index contributed by atoms with van der Waals surface area (Å²) in [6.07, 6.45) is 3.95. The normalized spacial score (nSPS) is 11.2. The molecule has 0 N–H and O–H groups in total. The fraction of sp³-hybridized carbons (Fsp3) is 0.300. The van der Waals surface area contributed by atoms with Gasteiger partial charge in [-0.1, -0.05) is 35.4 Å². The van der Waals surface area contributed by atoms with Gasteiger partial charge < -0.3 is 0 Å². The second-order valence-electron chi connectivity index (χ2n) is 2.86. The van der Waals surface area contributed by atoms with Gasteiger partial charge >= 0.3 is 0 Å². The van der Waals surface area contributed by atoms with Crippen LogP contribution in [0.2, 0.25) is 10.3 Å². The molecule has 1 nitrogen and oxygen atoms in total. The number of rotatable bonds is 1. The Labute approximate surface area is 88.4 Å². The lowest BCUT2D eigenvalue weighted by atomic mass is 10.1. The number of pyridine rings is 1. The van der Waals surface area contributed by atoms with Crippen LogP contribution in [0.3, 0.4) is 0 Å². The molecule has 0 aromatic carbocycles. The molecular weight excluding hydrogens is 205 g/mol. The summed E-state index contributed by atoms with van der Waals surface area (Å²) in [6, 6.07) is 0. The van der Waals surface area contributed by atoms with E-state index in [1.165, 1.54) is 0 Å². The molecule has 13 heavy (non-hydrogen) atoms. The van der Waals surface area contributed by atoms with Gasteiger partial charge in [-0.2, -0.15) is 0 Å². The highest BCUT2D eigenvalue weighted by atomic mass is 35.5. The maximum Gasteiger partial charge on any atom is 0.134 e. The number of hydrogen-bond acceptors (Lipinski definition) is 1. The van der Waals surface area contributed by atoms with Gasteiger partial charge in [-0.15, -0.1) is 0 Å². The van der Waals surface area contributed by atoms with E-state index in [0.717, 1.165) is 16.7 Å². The van der Waals surface area contributed by atoms with Crippen molar-refractivity contribution in [2.24, 2.45) is 0 Å². The highest BCUT2D eigenvalue weighted by Gasteiger charge is 2.08. The average Bonchev–Trinajstić information content (AvgIpc) is 2.09. The molecule has 0 fully saturated rings. The Morgan fingerprint density at radius 2 is 1.54 bits per heavy atom. The molecule has 70 valence electrons. The Kier molecular flexibility index (Phi) is 3.34. The lowest BCUT2D eigenvalue weighted by Gasteiger charge is -2.07. The van der Waals surface area contributed by atoms with Gasteiger partial charge in [0.15, 0.2) is 0 Å². The monoisotopic (exact) mass is 215 g/mol. The summed E-state index contributed by atoms with van der Waals surface area (Å²) < 4.78 is 0. The number of hydrogen-bond donors (Lipinski definition) is 0. The molecule has 0 atom stereocenters. The van der Waals surface area contributed by atoms with Crippen molar-refractivity contribution in [2.45, 2.75) is 20.8 Å². The zero-order valence-electron chi connectivity index (χ0n) is 7.86. The molecule has 0 aliphatic carbocycles.